The van der Waals surface area contributed by atoms with Crippen LogP contribution in [0.2, 0.25) is 0 Å². The molecule has 18 nitrogen and oxygen atoms in total. The van der Waals surface area contributed by atoms with Gasteiger partial charge in [0, 0.05) is 46.1 Å². The van der Waals surface area contributed by atoms with Crippen molar-refractivity contribution in [2.45, 2.75) is 244 Å². The van der Waals surface area contributed by atoms with E-state index < -0.39 is 149 Å². The highest BCUT2D eigenvalue weighted by Crippen LogP contribution is 2.64. The van der Waals surface area contributed by atoms with Gasteiger partial charge in [0.05, 0.1) is 79.6 Å². The van der Waals surface area contributed by atoms with E-state index in [1.165, 1.54) is 54.1 Å². The van der Waals surface area contributed by atoms with E-state index in [1.807, 2.05) is 12.1 Å². The number of quaternary nitrogens is 1. The number of aryl methyl sites for hydroxylation is 2. The van der Waals surface area contributed by atoms with Gasteiger partial charge in [-0.25, -0.2) is 14.6 Å². The molecule has 27 heteroatoms. The van der Waals surface area contributed by atoms with Crippen LogP contribution in [0.5, 0.6) is 5.75 Å². The number of amides is 2. The van der Waals surface area contributed by atoms with E-state index >= 15 is 0 Å². The number of terminal acetylenes is 1. The Morgan fingerprint density at radius 3 is 1.59 bits per heavy atom. The van der Waals surface area contributed by atoms with Gasteiger partial charge in [-0.3, -0.25) is 24.2 Å². The van der Waals surface area contributed by atoms with Gasteiger partial charge >= 0.3 is 54.6 Å². The first-order valence-corrected chi connectivity index (χ1v) is 36.1. The lowest BCUT2D eigenvalue weighted by molar-refractivity contribution is -0.894. The molecule has 2 saturated carbocycles. The number of alkyl halides is 9. The Bertz CT molecular complexity index is 4000. The molecule has 3 aliphatic carbocycles. The van der Waals surface area contributed by atoms with Crippen LogP contribution in [-0.2, 0) is 63.1 Å². The highest BCUT2D eigenvalue weighted by molar-refractivity contribution is 5.88. The number of carboxylic acids is 1. The molecule has 5 aliphatic rings. The van der Waals surface area contributed by atoms with Crippen molar-refractivity contribution in [3.8, 4) is 18.1 Å². The number of para-hydroxylation sites is 2. The third-order valence-electron chi connectivity index (χ3n) is 20.9. The number of aromatic nitrogens is 2. The zero-order valence-electron chi connectivity index (χ0n) is 61.4. The van der Waals surface area contributed by atoms with Gasteiger partial charge in [0.1, 0.15) is 40.5 Å². The van der Waals surface area contributed by atoms with Crippen molar-refractivity contribution in [2.24, 2.45) is 17.3 Å². The summed E-state index contributed by atoms with van der Waals surface area (Å²) in [6, 6.07) is 12.1. The minimum Gasteiger partial charge on any atom is -0.481 e. The van der Waals surface area contributed by atoms with Crippen LogP contribution < -0.4 is 9.64 Å². The van der Waals surface area contributed by atoms with E-state index in [2.05, 4.69) is 43.6 Å². The first-order valence-electron chi connectivity index (χ1n) is 36.1. The van der Waals surface area contributed by atoms with Crippen molar-refractivity contribution in [1.29, 1.82) is 0 Å². The number of hydrogen-bond donors (Lipinski definition) is 3. The van der Waals surface area contributed by atoms with Crippen molar-refractivity contribution < 1.29 is 107 Å². The van der Waals surface area contributed by atoms with Crippen LogP contribution in [0.15, 0.2) is 66.7 Å². The van der Waals surface area contributed by atoms with Gasteiger partial charge in [0.2, 0.25) is 0 Å². The molecule has 4 unspecified atom stereocenters. The number of rotatable bonds is 16. The van der Waals surface area contributed by atoms with Crippen LogP contribution in [0.4, 0.5) is 49.1 Å². The molecule has 0 bridgehead atoms. The largest absolute Gasteiger partial charge is 0.481 e. The third-order valence-corrected chi connectivity index (χ3v) is 20.9. The number of carbonyl (C=O) groups is 6. The molecule has 5 aromatic rings. The maximum Gasteiger partial charge on any atom is 0.433 e. The quantitative estimate of drug-likeness (QED) is 0.0275. The smallest absolute Gasteiger partial charge is 0.433 e. The standard InChI is InChI=1S/C46H50F6N2O7.C26H31F3N2O6.C6H15N/c1-6-44(58)22-20-33-30-15-13-26-24-27(14-16-28(26)29(30)19-21-43(33,44)5)59-37(55)17-18-38(56)60-40(35-12-7-8-23-54(35)41(57)61-42(2,3)4)32-25-36(46(50,51)52)53-39-31(32)10-9-11-34(39)45(47,48)49;1-15-14-17(16-8-7-9-18(22(16)30-15)26(27,28)29)23(36-21(34)12-11-20(32)33)19-10-5-6-13-31(19)24(35)37-25(2,3)4;1-4-7(5-2)6-3/h1,9-11,14,16,24-25,29-30,33,35,40,58H,7-8,12-13,15,17-23H2,2-5H3;7-9,14,19,23H,5-6,10-13H2,1-4H3,(H,32,33);4-6H2,1-3H3/p+1/t29-,30-,33+,35?,40?,43+,44+;;/m1../s1. The number of nitrogens with one attached hydrogen (secondary N) is 1. The number of esters is 3. The van der Waals surface area contributed by atoms with E-state index in [0.717, 1.165) is 55.9 Å². The number of fused-ring (bicyclic) bond motifs is 7. The molecular weight excluding hydrogens is 1390 g/mol. The highest BCUT2D eigenvalue weighted by atomic mass is 19.4. The summed E-state index contributed by atoms with van der Waals surface area (Å²) in [5, 5.41) is 20.0. The van der Waals surface area contributed by atoms with Gasteiger partial charge < -0.3 is 48.6 Å². The van der Waals surface area contributed by atoms with Crippen LogP contribution in [0.1, 0.15) is 228 Å². The second kappa shape index (κ2) is 33.3. The summed E-state index contributed by atoms with van der Waals surface area (Å²) in [6.45, 7) is 24.5. The topological polar surface area (TPSA) is 226 Å². The Hall–Kier alpha value is -8.25. The van der Waals surface area contributed by atoms with Gasteiger partial charge in [-0.2, -0.15) is 39.5 Å². The maximum absolute atomic E-state index is 14.3. The number of carboxylic acid groups (broad SMARTS) is 1. The fourth-order valence-corrected chi connectivity index (χ4v) is 15.7. The number of nitrogens with zero attached hydrogens (tertiary/aromatic N) is 4. The summed E-state index contributed by atoms with van der Waals surface area (Å²) < 4.78 is 155. The van der Waals surface area contributed by atoms with Crippen molar-refractivity contribution in [2.75, 3.05) is 32.7 Å². The number of aliphatic carboxylic acids is 1. The summed E-state index contributed by atoms with van der Waals surface area (Å²) in [5.74, 6) is 0.0172. The Morgan fingerprint density at radius 2 is 1.12 bits per heavy atom. The van der Waals surface area contributed by atoms with Crippen molar-refractivity contribution in [3.05, 3.63) is 111 Å². The van der Waals surface area contributed by atoms with E-state index in [-0.39, 0.29) is 63.5 Å². The molecule has 9 atom stereocenters. The van der Waals surface area contributed by atoms with Crippen LogP contribution in [0.3, 0.4) is 0 Å². The summed E-state index contributed by atoms with van der Waals surface area (Å²) in [5.41, 5.74) is -6.22. The first kappa shape index (κ1) is 82.4. The van der Waals surface area contributed by atoms with E-state index in [9.17, 15) is 73.4 Å². The number of carbonyl (C=O) groups excluding carboxylic acids is 5. The molecule has 574 valence electrons. The molecule has 0 radical (unpaired) electrons. The fourth-order valence-electron chi connectivity index (χ4n) is 15.7. The Morgan fingerprint density at radius 1 is 0.629 bits per heavy atom. The van der Waals surface area contributed by atoms with E-state index in [1.54, 1.807) is 58.6 Å². The van der Waals surface area contributed by atoms with E-state index in [4.69, 9.17) is 35.2 Å². The second-order valence-corrected chi connectivity index (χ2v) is 30.1. The third kappa shape index (κ3) is 19.9. The number of pyridine rings is 2. The van der Waals surface area contributed by atoms with Gasteiger partial charge in [-0.05, 0) is 212 Å². The minimum absolute atomic E-state index is 0.0696. The molecule has 105 heavy (non-hydrogen) atoms. The van der Waals surface area contributed by atoms with Gasteiger partial charge in [-0.1, -0.05) is 43.2 Å². The van der Waals surface area contributed by atoms with Crippen LogP contribution in [-0.4, -0.2) is 128 Å². The molecule has 0 spiro atoms. The SMILES string of the molecule is C#C[C@]1(O)CC[C@H]2[C@@H]3CCc4cc(OC(=O)CCC(=O)OC(c5cc(C(F)(F)F)nc6c(C(F)(F)F)cccc56)C5CCCCN5C(=O)OC(C)(C)C)ccc4[C@H]3CC[C@@]21C.CC[NH+](CC)CC.Cc1cc(C(OC(=O)CCC(=O)O)C2CCCCN2C(=O)OC(C)(C)C)c2cccc(C(F)(F)F)c2n1. The summed E-state index contributed by atoms with van der Waals surface area (Å²) >= 11 is 0. The Balaban J connectivity index is 0.000000268. The number of ether oxygens (including phenoxy) is 5. The molecule has 2 saturated heterocycles. The zero-order chi connectivity index (χ0) is 77.5. The minimum atomic E-state index is -5.20. The molecule has 4 heterocycles. The second-order valence-electron chi connectivity index (χ2n) is 30.1. The lowest BCUT2D eigenvalue weighted by atomic mass is 9.53. The van der Waals surface area contributed by atoms with Crippen molar-refractivity contribution in [1.82, 2.24) is 19.8 Å². The molecule has 4 fully saturated rings. The highest BCUT2D eigenvalue weighted by Gasteiger charge is 2.61. The molecule has 3 N–H and O–H groups in total. The van der Waals surface area contributed by atoms with Crippen molar-refractivity contribution in [3.63, 3.8) is 0 Å². The number of likely N-dealkylation sites (tertiary alicyclic amines) is 2. The molecule has 2 aliphatic heterocycles. The number of halogens is 9. The van der Waals surface area contributed by atoms with Crippen molar-refractivity contribution >= 4 is 57.9 Å². The number of benzene rings is 3. The van der Waals surface area contributed by atoms with Gasteiger partial charge in [-0.15, -0.1) is 6.42 Å². The lowest BCUT2D eigenvalue weighted by Gasteiger charge is -2.52. The zero-order valence-corrected chi connectivity index (χ0v) is 61.4. The Kier molecular flexibility index (Phi) is 26.1. The van der Waals surface area contributed by atoms with Gasteiger partial charge in [0.25, 0.3) is 0 Å². The normalized spacial score (nSPS) is 22.5. The molecule has 2 aromatic heterocycles. The maximum atomic E-state index is 14.3. The Labute approximate surface area is 606 Å². The van der Waals surface area contributed by atoms with E-state index in [0.29, 0.717) is 63.1 Å². The number of hydrogen-bond acceptors (Lipinski definition) is 14. The van der Waals surface area contributed by atoms with Gasteiger partial charge in [0.15, 0.2) is 0 Å². The van der Waals surface area contributed by atoms with Crippen LogP contribution in [0.25, 0.3) is 21.8 Å². The molecule has 10 rings (SSSR count). The molecule has 3 aromatic carbocycles. The van der Waals surface area contributed by atoms with Crippen LogP contribution >= 0.6 is 0 Å². The predicted molar refractivity (Wildman–Crippen MR) is 371 cm³/mol. The summed E-state index contributed by atoms with van der Waals surface area (Å²) in [6.07, 6.45) is -7.95. The fraction of sp³-hybridized carbons (Fsp3) is 0.590. The average Bonchev–Trinajstić information content (AvgIpc) is 1.72. The molecule has 2 amide bonds. The predicted octanol–water partition coefficient (Wildman–Crippen LogP) is 16.0. The first-order chi connectivity index (χ1) is 49.0. The summed E-state index contributed by atoms with van der Waals surface area (Å²) in [7, 11) is 0. The number of piperidine rings is 2. The molecular formula is C78H97F9N5O13+. The van der Waals surface area contributed by atoms with Crippen LogP contribution in [0, 0.1) is 36.5 Å². The number of aliphatic hydroxyl groups is 1. The lowest BCUT2D eigenvalue weighted by Crippen LogP contribution is -3.11. The monoisotopic (exact) mass is 1480 g/mol. The average molecular weight is 1480 g/mol. The summed E-state index contributed by atoms with van der Waals surface area (Å²) in [4.78, 5) is 89.0.